The van der Waals surface area contributed by atoms with E-state index in [1.54, 1.807) is 0 Å². The lowest BCUT2D eigenvalue weighted by Gasteiger charge is -2.35. The van der Waals surface area contributed by atoms with Crippen LogP contribution in [0.15, 0.2) is 27.0 Å². The number of nitrogens with zero attached hydrogens (tertiary/aromatic N) is 4. The molecule has 2 aliphatic rings. The van der Waals surface area contributed by atoms with Gasteiger partial charge < -0.3 is 39.7 Å². The van der Waals surface area contributed by atoms with E-state index in [0.29, 0.717) is 0 Å². The Kier molecular flexibility index (Phi) is 8.87. The second kappa shape index (κ2) is 11.2. The van der Waals surface area contributed by atoms with Crippen molar-refractivity contribution in [3.8, 4) is 0 Å². The average molecular weight is 561 g/mol. The predicted molar refractivity (Wildman–Crippen MR) is 110 cm³/mol. The number of phosphoric ester groups is 2. The second-order valence-corrected chi connectivity index (χ2v) is 10.4. The Morgan fingerprint density at radius 1 is 1.14 bits per heavy atom. The first-order chi connectivity index (χ1) is 16.7. The zero-order valence-electron chi connectivity index (χ0n) is 17.7. The van der Waals surface area contributed by atoms with Gasteiger partial charge in [0.15, 0.2) is 12.5 Å². The van der Waals surface area contributed by atoms with Crippen molar-refractivity contribution < 1.29 is 62.2 Å². The molecular weight excluding hydrogens is 540 g/mol. The number of hydrogen-bond donors (Lipinski definition) is 7. The number of hydrogen-bond acceptors (Lipinski definition) is 14. The van der Waals surface area contributed by atoms with Gasteiger partial charge >= 0.3 is 21.3 Å². The molecule has 3 rings (SSSR count). The van der Waals surface area contributed by atoms with Gasteiger partial charge in [0.05, 0.1) is 25.4 Å². The fourth-order valence-electron chi connectivity index (χ4n) is 3.24. The van der Waals surface area contributed by atoms with Crippen LogP contribution in [0.3, 0.4) is 0 Å². The van der Waals surface area contributed by atoms with Gasteiger partial charge in [-0.05, 0) is 5.53 Å². The summed E-state index contributed by atoms with van der Waals surface area (Å²) >= 11 is 0. The van der Waals surface area contributed by atoms with Crippen LogP contribution >= 0.6 is 15.6 Å². The van der Waals surface area contributed by atoms with Crippen molar-refractivity contribution in [3.05, 3.63) is 43.5 Å². The van der Waals surface area contributed by atoms with Gasteiger partial charge in [-0.1, -0.05) is 5.11 Å². The highest BCUT2D eigenvalue weighted by atomic mass is 31.3. The van der Waals surface area contributed by atoms with E-state index in [-0.39, 0.29) is 0 Å². The third-order valence-corrected chi connectivity index (χ3v) is 7.56. The molecule has 1 aromatic heterocycles. The Labute approximate surface area is 199 Å². The van der Waals surface area contributed by atoms with E-state index in [4.69, 9.17) is 15.0 Å². The van der Waals surface area contributed by atoms with Gasteiger partial charge in [-0.15, -0.1) is 0 Å². The zero-order valence-corrected chi connectivity index (χ0v) is 19.5. The van der Waals surface area contributed by atoms with Gasteiger partial charge in [0.2, 0.25) is 0 Å². The molecule has 3 heterocycles. The summed E-state index contributed by atoms with van der Waals surface area (Å²) in [5, 5.41) is 43.1. The molecule has 2 aliphatic heterocycles. The van der Waals surface area contributed by atoms with Crippen LogP contribution < -0.4 is 11.2 Å². The van der Waals surface area contributed by atoms with Gasteiger partial charge in [-0.3, -0.25) is 23.4 Å². The summed E-state index contributed by atoms with van der Waals surface area (Å²) in [6, 6.07) is -0.314. The van der Waals surface area contributed by atoms with Crippen LogP contribution in [0.5, 0.6) is 0 Å². The summed E-state index contributed by atoms with van der Waals surface area (Å²) in [6.07, 6.45) is -11.5. The number of H-pyrrole nitrogens is 1. The van der Waals surface area contributed by atoms with Crippen LogP contribution in [0.4, 0.5) is 0 Å². The molecule has 10 atom stereocenters. The summed E-state index contributed by atoms with van der Waals surface area (Å²) in [4.78, 5) is 46.9. The van der Waals surface area contributed by atoms with Gasteiger partial charge in [0.25, 0.3) is 5.56 Å². The van der Waals surface area contributed by atoms with Crippen molar-refractivity contribution in [1.82, 2.24) is 9.55 Å². The molecule has 1 aromatic rings. The van der Waals surface area contributed by atoms with Crippen molar-refractivity contribution in [3.63, 3.8) is 0 Å². The lowest BCUT2D eigenvalue weighted by atomic mass is 10.0. The summed E-state index contributed by atoms with van der Waals surface area (Å²) in [7, 11) is -11.0. The third kappa shape index (κ3) is 6.65. The number of nitrogens with one attached hydrogen (secondary N) is 1. The molecule has 36 heavy (non-hydrogen) atoms. The van der Waals surface area contributed by atoms with Crippen LogP contribution in [0, 0.1) is 0 Å². The minimum absolute atomic E-state index is 0.543. The van der Waals surface area contributed by atoms with Crippen LogP contribution in [0.25, 0.3) is 10.4 Å². The number of phosphoric acid groups is 2. The average Bonchev–Trinajstić information content (AvgIpc) is 3.05. The zero-order chi connectivity index (χ0) is 26.8. The fraction of sp³-hybridized carbons (Fsp3) is 0.714. The van der Waals surface area contributed by atoms with E-state index in [1.165, 1.54) is 0 Å². The summed E-state index contributed by atoms with van der Waals surface area (Å²) in [5.41, 5.74) is 6.66. The molecule has 2 unspecified atom stereocenters. The SMILES string of the molecule is [N-]=[N+]=N[C@@H]1CO[C@H](OP(=O)(O)OP(=O)(O)OC[C@H]2O[C@@H](n3ccc(=O)[nH]c3=O)[C@H](O)[C@@H]2O)[C@H](O)[C@H]1O. The number of aromatic nitrogens is 2. The molecule has 0 aliphatic carbocycles. The summed E-state index contributed by atoms with van der Waals surface area (Å²) < 4.78 is 48.2. The molecule has 22 heteroatoms. The molecule has 202 valence electrons. The Morgan fingerprint density at radius 2 is 1.83 bits per heavy atom. The monoisotopic (exact) mass is 561 g/mol. The number of rotatable bonds is 9. The normalized spacial score (nSPS) is 35.9. The van der Waals surface area contributed by atoms with E-state index in [9.17, 15) is 48.9 Å². The van der Waals surface area contributed by atoms with Crippen LogP contribution in [0.1, 0.15) is 6.23 Å². The van der Waals surface area contributed by atoms with Crippen LogP contribution in [-0.4, -0.2) is 95.8 Å². The summed E-state index contributed by atoms with van der Waals surface area (Å²) in [5.74, 6) is 0. The Hall–Kier alpha value is -1.99. The number of aliphatic hydroxyl groups is 4. The molecule has 20 nitrogen and oxygen atoms in total. The minimum Gasteiger partial charge on any atom is -0.390 e. The van der Waals surface area contributed by atoms with Crippen molar-refractivity contribution in [2.24, 2.45) is 5.11 Å². The Balaban J connectivity index is 1.59. The first-order valence-corrected chi connectivity index (χ1v) is 12.8. The minimum atomic E-state index is -5.51. The summed E-state index contributed by atoms with van der Waals surface area (Å²) in [6.45, 7) is -1.55. The molecular formula is C14H21N5O15P2. The molecule has 0 saturated carbocycles. The van der Waals surface area contributed by atoms with Gasteiger partial charge in [0.1, 0.15) is 24.4 Å². The highest BCUT2D eigenvalue weighted by Gasteiger charge is 2.47. The molecule has 0 spiro atoms. The molecule has 0 amide bonds. The van der Waals surface area contributed by atoms with E-state index in [2.05, 4.69) is 23.4 Å². The first-order valence-electron chi connectivity index (χ1n) is 9.79. The molecule has 0 aromatic carbocycles. The highest BCUT2D eigenvalue weighted by Crippen LogP contribution is 2.61. The van der Waals surface area contributed by atoms with E-state index in [0.717, 1.165) is 16.8 Å². The maximum absolute atomic E-state index is 12.1. The van der Waals surface area contributed by atoms with Gasteiger partial charge in [-0.2, -0.15) is 4.31 Å². The number of aromatic amines is 1. The first kappa shape index (κ1) is 28.6. The quantitative estimate of drug-likeness (QED) is 0.0691. The van der Waals surface area contributed by atoms with Crippen molar-refractivity contribution >= 4 is 15.6 Å². The smallest absolute Gasteiger partial charge is 0.390 e. The molecule has 0 radical (unpaired) electrons. The maximum Gasteiger partial charge on any atom is 0.483 e. The number of aliphatic hydroxyl groups excluding tert-OH is 4. The number of azide groups is 1. The van der Waals surface area contributed by atoms with Crippen molar-refractivity contribution in [2.45, 2.75) is 49.1 Å². The molecule has 7 N–H and O–H groups in total. The highest BCUT2D eigenvalue weighted by molar-refractivity contribution is 7.61. The Morgan fingerprint density at radius 3 is 2.47 bits per heavy atom. The van der Waals surface area contributed by atoms with Crippen LogP contribution in [-0.2, 0) is 32.0 Å². The topological polar surface area (TPSA) is 305 Å². The standard InChI is InChI=1S/C14H21N5O15P2/c15-18-17-5-3-30-13(11(24)8(5)21)33-36(28,29)34-35(26,27)31-4-6-9(22)10(23)12(32-6)19-2-1-7(20)16-14(19)25/h1-2,5-6,8-13,21-24H,3-4H2,(H,26,27)(H,28,29)(H,16,20,25)/t5-,6-,8+,9-,10-,11-,12-,13-/m1/s1. The second-order valence-electron chi connectivity index (χ2n) is 7.44. The lowest BCUT2D eigenvalue weighted by Crippen LogP contribution is -2.52. The van der Waals surface area contributed by atoms with E-state index < -0.39 is 89.2 Å². The van der Waals surface area contributed by atoms with Crippen molar-refractivity contribution in [2.75, 3.05) is 13.2 Å². The van der Waals surface area contributed by atoms with E-state index in [1.807, 2.05) is 4.98 Å². The fourth-order valence-corrected chi connectivity index (χ4v) is 5.41. The van der Waals surface area contributed by atoms with Crippen molar-refractivity contribution in [1.29, 1.82) is 0 Å². The lowest BCUT2D eigenvalue weighted by molar-refractivity contribution is -0.218. The Bertz CT molecular complexity index is 1200. The largest absolute Gasteiger partial charge is 0.483 e. The molecule has 2 fully saturated rings. The maximum atomic E-state index is 12.1. The van der Waals surface area contributed by atoms with E-state index >= 15 is 0 Å². The van der Waals surface area contributed by atoms with Gasteiger partial charge in [-0.25, -0.2) is 13.9 Å². The number of ether oxygens (including phenoxy) is 2. The van der Waals surface area contributed by atoms with Gasteiger partial charge in [0, 0.05) is 17.2 Å². The molecule has 0 bridgehead atoms. The molecule has 2 saturated heterocycles. The predicted octanol–water partition coefficient (Wildman–Crippen LogP) is -2.84. The third-order valence-electron chi connectivity index (χ3n) is 4.96. The van der Waals surface area contributed by atoms with Crippen LogP contribution in [0.2, 0.25) is 0 Å².